The van der Waals surface area contributed by atoms with E-state index in [1.165, 1.54) is 7.11 Å². The van der Waals surface area contributed by atoms with Gasteiger partial charge in [-0.25, -0.2) is 0 Å². The molecule has 0 spiro atoms. The van der Waals surface area contributed by atoms with Gasteiger partial charge in [0.15, 0.2) is 16.2 Å². The van der Waals surface area contributed by atoms with Crippen molar-refractivity contribution in [1.82, 2.24) is 14.9 Å². The number of carbonyl (C=O) groups excluding carboxylic acids is 1. The van der Waals surface area contributed by atoms with Crippen LogP contribution in [0.5, 0.6) is 6.01 Å². The van der Waals surface area contributed by atoms with E-state index in [1.807, 2.05) is 24.3 Å². The van der Waals surface area contributed by atoms with Gasteiger partial charge in [0.1, 0.15) is 11.8 Å². The van der Waals surface area contributed by atoms with Gasteiger partial charge in [0, 0.05) is 32.8 Å². The van der Waals surface area contributed by atoms with Crippen LogP contribution in [0.15, 0.2) is 24.3 Å². The van der Waals surface area contributed by atoms with E-state index in [4.69, 9.17) is 29.7 Å². The first-order valence-electron chi connectivity index (χ1n) is 13.6. The number of alkyl halides is 1. The Balaban J connectivity index is 1.36. The lowest BCUT2D eigenvalue weighted by atomic mass is 10.0. The van der Waals surface area contributed by atoms with Crippen LogP contribution in [0.3, 0.4) is 0 Å². The Labute approximate surface area is 237 Å². The van der Waals surface area contributed by atoms with E-state index in [0.29, 0.717) is 37.1 Å². The third kappa shape index (κ3) is 6.56. The Kier molecular flexibility index (Phi) is 9.06. The number of rotatable bonds is 10. The fourth-order valence-corrected chi connectivity index (χ4v) is 6.10. The normalized spacial score (nSPS) is 23.2. The van der Waals surface area contributed by atoms with E-state index in [2.05, 4.69) is 36.0 Å². The molecule has 0 bridgehead atoms. The topological polar surface area (TPSA) is 124 Å². The number of nitrogen functional groups attached to an aromatic ring is 1. The summed E-state index contributed by atoms with van der Waals surface area (Å²) in [5.74, 6) is 0.696. The number of fused-ring (bicyclic) bond motifs is 1. The number of anilines is 3. The van der Waals surface area contributed by atoms with Gasteiger partial charge in [-0.1, -0.05) is 24.3 Å². The Hall–Kier alpha value is -2.67. The molecule has 2 fully saturated rings. The second-order valence-corrected chi connectivity index (χ2v) is 11.3. The van der Waals surface area contributed by atoms with E-state index in [9.17, 15) is 4.79 Å². The van der Waals surface area contributed by atoms with Crippen molar-refractivity contribution < 1.29 is 23.7 Å². The molecule has 3 aliphatic rings. The highest BCUT2D eigenvalue weighted by Crippen LogP contribution is 2.49. The number of methoxy groups -OCH3 is 1. The second kappa shape index (κ2) is 12.7. The molecular formula is C27H37BrN6O5. The number of esters is 1. The lowest BCUT2D eigenvalue weighted by Gasteiger charge is -2.42. The van der Waals surface area contributed by atoms with E-state index >= 15 is 0 Å². The molecule has 39 heavy (non-hydrogen) atoms. The molecule has 1 aromatic carbocycles. The van der Waals surface area contributed by atoms with Crippen LogP contribution in [0.1, 0.15) is 36.8 Å². The number of ether oxygens (including phenoxy) is 4. The minimum Gasteiger partial charge on any atom is -0.469 e. The molecule has 212 valence electrons. The van der Waals surface area contributed by atoms with Crippen LogP contribution < -0.4 is 20.7 Å². The molecule has 12 heteroatoms. The number of carbonyl (C=O) groups is 1. The standard InChI is InChI=1S/C27H37BrN6O5/c1-36-22(35)17-19-6-4-7-20(16-19)18-34-25-23(32-27(34,28)21-8-2-3-12-38-21)24(29)30-26(31-25)39-13-5-9-33-10-14-37-15-11-33/h4,6-7,16,21,32H,2-3,5,8-15,17-18H2,1H3,(H2,29,30,31). The smallest absolute Gasteiger partial charge is 0.320 e. The van der Waals surface area contributed by atoms with Crippen LogP contribution in [0.4, 0.5) is 17.3 Å². The fraction of sp³-hybridized carbons (Fsp3) is 0.593. The van der Waals surface area contributed by atoms with Crippen molar-refractivity contribution in [2.75, 3.05) is 69.1 Å². The summed E-state index contributed by atoms with van der Waals surface area (Å²) in [4.78, 5) is 25.6. The number of benzene rings is 1. The van der Waals surface area contributed by atoms with Gasteiger partial charge in [0.2, 0.25) is 0 Å². The number of hydrogen-bond donors (Lipinski definition) is 2. The summed E-state index contributed by atoms with van der Waals surface area (Å²) in [7, 11) is 1.40. The number of hydrogen-bond acceptors (Lipinski definition) is 11. The third-order valence-electron chi connectivity index (χ3n) is 7.31. The second-order valence-electron chi connectivity index (χ2n) is 10.1. The molecule has 4 heterocycles. The Morgan fingerprint density at radius 1 is 1.23 bits per heavy atom. The predicted octanol–water partition coefficient (Wildman–Crippen LogP) is 2.93. The number of aromatic nitrogens is 2. The average molecular weight is 606 g/mol. The van der Waals surface area contributed by atoms with Gasteiger partial charge in [0.05, 0.1) is 33.4 Å². The lowest BCUT2D eigenvalue weighted by molar-refractivity contribution is -0.139. The van der Waals surface area contributed by atoms with Crippen molar-refractivity contribution in [3.05, 3.63) is 35.4 Å². The van der Waals surface area contributed by atoms with Crippen LogP contribution in [-0.2, 0) is 32.0 Å². The number of nitrogens with zero attached hydrogens (tertiary/aromatic N) is 4. The largest absolute Gasteiger partial charge is 0.469 e. The molecule has 2 aromatic rings. The van der Waals surface area contributed by atoms with Crippen molar-refractivity contribution in [2.24, 2.45) is 0 Å². The number of nitrogens with one attached hydrogen (secondary N) is 1. The zero-order valence-electron chi connectivity index (χ0n) is 22.4. The van der Waals surface area contributed by atoms with Crippen molar-refractivity contribution >= 4 is 39.2 Å². The van der Waals surface area contributed by atoms with Crippen LogP contribution in [0.25, 0.3) is 0 Å². The number of nitrogens with two attached hydrogens (primary N) is 1. The Bertz CT molecular complexity index is 1140. The van der Waals surface area contributed by atoms with Gasteiger partial charge in [-0.2, -0.15) is 9.97 Å². The number of morpholine rings is 1. The maximum Gasteiger partial charge on any atom is 0.320 e. The van der Waals surface area contributed by atoms with Gasteiger partial charge in [-0.05, 0) is 52.7 Å². The highest BCUT2D eigenvalue weighted by atomic mass is 79.9. The minimum absolute atomic E-state index is 0.143. The first-order chi connectivity index (χ1) is 19.0. The number of halogens is 1. The molecule has 3 N–H and O–H groups in total. The van der Waals surface area contributed by atoms with Crippen LogP contribution in [-0.4, -0.2) is 84.7 Å². The third-order valence-corrected chi connectivity index (χ3v) is 8.45. The summed E-state index contributed by atoms with van der Waals surface area (Å²) in [6.07, 6.45) is 3.90. The summed E-state index contributed by atoms with van der Waals surface area (Å²) in [5, 5.41) is 3.53. The van der Waals surface area contributed by atoms with E-state index in [0.717, 1.165) is 69.7 Å². The molecule has 2 saturated heterocycles. The molecule has 11 nitrogen and oxygen atoms in total. The monoisotopic (exact) mass is 604 g/mol. The molecular weight excluding hydrogens is 568 g/mol. The molecule has 2 atom stereocenters. The average Bonchev–Trinajstić information content (AvgIpc) is 3.25. The SMILES string of the molecule is COC(=O)Cc1cccc(CN2c3nc(OCCCN4CCOCC4)nc(N)c3NC2(Br)C2CCCCO2)c1. The molecule has 5 rings (SSSR count). The van der Waals surface area contributed by atoms with Gasteiger partial charge in [0.25, 0.3) is 0 Å². The van der Waals surface area contributed by atoms with Crippen molar-refractivity contribution in [2.45, 2.75) is 49.3 Å². The van der Waals surface area contributed by atoms with E-state index in [1.54, 1.807) is 0 Å². The first kappa shape index (κ1) is 27.9. The summed E-state index contributed by atoms with van der Waals surface area (Å²) in [5.41, 5.74) is 8.98. The van der Waals surface area contributed by atoms with Gasteiger partial charge < -0.3 is 34.9 Å². The van der Waals surface area contributed by atoms with Crippen molar-refractivity contribution in [3.8, 4) is 6.01 Å². The highest BCUT2D eigenvalue weighted by Gasteiger charge is 2.50. The minimum atomic E-state index is -0.772. The summed E-state index contributed by atoms with van der Waals surface area (Å²) >= 11 is 3.98. The Morgan fingerprint density at radius 3 is 2.82 bits per heavy atom. The van der Waals surface area contributed by atoms with Crippen LogP contribution >= 0.6 is 15.9 Å². The quantitative estimate of drug-likeness (QED) is 0.180. The van der Waals surface area contributed by atoms with E-state index < -0.39 is 4.57 Å². The zero-order chi connectivity index (χ0) is 27.2. The maximum atomic E-state index is 11.9. The van der Waals surface area contributed by atoms with Crippen LogP contribution in [0.2, 0.25) is 0 Å². The predicted molar refractivity (Wildman–Crippen MR) is 151 cm³/mol. The summed E-state index contributed by atoms with van der Waals surface area (Å²) < 4.78 is 21.7. The van der Waals surface area contributed by atoms with E-state index in [-0.39, 0.29) is 24.5 Å². The summed E-state index contributed by atoms with van der Waals surface area (Å²) in [6, 6.07) is 8.16. The van der Waals surface area contributed by atoms with Gasteiger partial charge >= 0.3 is 12.0 Å². The molecule has 1 aromatic heterocycles. The highest BCUT2D eigenvalue weighted by molar-refractivity contribution is 9.10. The summed E-state index contributed by atoms with van der Waals surface area (Å²) in [6.45, 7) is 6.05. The van der Waals surface area contributed by atoms with Gasteiger partial charge in [-0.3, -0.25) is 9.69 Å². The first-order valence-corrected chi connectivity index (χ1v) is 14.4. The lowest BCUT2D eigenvalue weighted by Crippen LogP contribution is -2.56. The van der Waals surface area contributed by atoms with Crippen molar-refractivity contribution in [1.29, 1.82) is 0 Å². The fourth-order valence-electron chi connectivity index (χ4n) is 5.24. The van der Waals surface area contributed by atoms with Crippen LogP contribution in [0, 0.1) is 0 Å². The van der Waals surface area contributed by atoms with Gasteiger partial charge in [-0.15, -0.1) is 0 Å². The molecule has 0 aliphatic carbocycles. The maximum absolute atomic E-state index is 11.9. The Morgan fingerprint density at radius 2 is 2.05 bits per heavy atom. The zero-order valence-corrected chi connectivity index (χ0v) is 24.0. The molecule has 0 saturated carbocycles. The molecule has 2 unspecified atom stereocenters. The van der Waals surface area contributed by atoms with Crippen molar-refractivity contribution in [3.63, 3.8) is 0 Å². The molecule has 3 aliphatic heterocycles. The molecule has 0 radical (unpaired) electrons. The molecule has 0 amide bonds.